The molecule has 0 amide bonds. The molecule has 3 aromatic carbocycles. The number of halogens is 1. The van der Waals surface area contributed by atoms with E-state index in [0.717, 1.165) is 22.3 Å². The summed E-state index contributed by atoms with van der Waals surface area (Å²) >= 11 is 6.52. The molecule has 0 aliphatic heterocycles. The lowest BCUT2D eigenvalue weighted by molar-refractivity contribution is 0.519. The second-order valence-corrected chi connectivity index (χ2v) is 9.65. The van der Waals surface area contributed by atoms with E-state index in [9.17, 15) is 8.42 Å². The van der Waals surface area contributed by atoms with Crippen molar-refractivity contribution < 1.29 is 12.8 Å². The van der Waals surface area contributed by atoms with E-state index >= 15 is 0 Å². The van der Waals surface area contributed by atoms with Gasteiger partial charge in [-0.25, -0.2) is 13.4 Å². The standard InChI is InChI=1S/C24H20ClNO3S/c1-16-8-13-20(21(25)14-16)23-24(18-9-11-19(12-10-18)30(2,27)28)29-22(26-23)15-17-6-4-3-5-7-17/h3-14H,15H2,1-2H3. The fourth-order valence-corrected chi connectivity index (χ4v) is 4.21. The van der Waals surface area contributed by atoms with Crippen molar-refractivity contribution in [2.75, 3.05) is 6.26 Å². The first-order valence-corrected chi connectivity index (χ1v) is 11.7. The number of aromatic nitrogens is 1. The summed E-state index contributed by atoms with van der Waals surface area (Å²) in [4.78, 5) is 5.00. The number of nitrogens with zero attached hydrogens (tertiary/aromatic N) is 1. The van der Waals surface area contributed by atoms with Gasteiger partial charge in [-0.1, -0.05) is 54.1 Å². The molecule has 0 unspecified atom stereocenters. The Hall–Kier alpha value is -2.89. The molecule has 1 aromatic heterocycles. The fraction of sp³-hybridized carbons (Fsp3) is 0.125. The molecule has 0 bridgehead atoms. The van der Waals surface area contributed by atoms with Gasteiger partial charge in [0.05, 0.1) is 9.92 Å². The molecule has 30 heavy (non-hydrogen) atoms. The van der Waals surface area contributed by atoms with Crippen LogP contribution < -0.4 is 0 Å². The lowest BCUT2D eigenvalue weighted by Crippen LogP contribution is -1.96. The summed E-state index contributed by atoms with van der Waals surface area (Å²) in [6.45, 7) is 1.98. The Bertz CT molecular complexity index is 1290. The molecule has 0 spiro atoms. The first kappa shape index (κ1) is 20.4. The van der Waals surface area contributed by atoms with E-state index in [-0.39, 0.29) is 4.90 Å². The maximum atomic E-state index is 11.8. The van der Waals surface area contributed by atoms with Crippen molar-refractivity contribution in [3.05, 3.63) is 94.8 Å². The van der Waals surface area contributed by atoms with E-state index in [2.05, 4.69) is 0 Å². The summed E-state index contributed by atoms with van der Waals surface area (Å²) in [6.07, 6.45) is 1.73. The molecular formula is C24H20ClNO3S. The van der Waals surface area contributed by atoms with Crippen LogP contribution in [0.5, 0.6) is 0 Å². The van der Waals surface area contributed by atoms with Crippen LogP contribution in [-0.2, 0) is 16.3 Å². The predicted octanol–water partition coefficient (Wildman–Crippen LogP) is 5.96. The van der Waals surface area contributed by atoms with Crippen LogP contribution in [0.3, 0.4) is 0 Å². The average molecular weight is 438 g/mol. The van der Waals surface area contributed by atoms with Crippen LogP contribution in [-0.4, -0.2) is 19.7 Å². The zero-order valence-electron chi connectivity index (χ0n) is 16.6. The van der Waals surface area contributed by atoms with Crippen LogP contribution in [0, 0.1) is 6.92 Å². The van der Waals surface area contributed by atoms with Crippen molar-refractivity contribution in [3.63, 3.8) is 0 Å². The van der Waals surface area contributed by atoms with Crippen molar-refractivity contribution in [3.8, 4) is 22.6 Å². The third-order valence-corrected chi connectivity index (χ3v) is 6.24. The fourth-order valence-electron chi connectivity index (χ4n) is 3.25. The van der Waals surface area contributed by atoms with Crippen molar-refractivity contribution >= 4 is 21.4 Å². The van der Waals surface area contributed by atoms with E-state index in [4.69, 9.17) is 21.0 Å². The Labute approximate surface area is 181 Å². The minimum absolute atomic E-state index is 0.255. The van der Waals surface area contributed by atoms with Gasteiger partial charge in [0.15, 0.2) is 21.5 Å². The van der Waals surface area contributed by atoms with Gasteiger partial charge in [0.1, 0.15) is 5.69 Å². The summed E-state index contributed by atoms with van der Waals surface area (Å²) in [5.41, 5.74) is 4.28. The number of oxazole rings is 1. The van der Waals surface area contributed by atoms with Crippen molar-refractivity contribution in [2.45, 2.75) is 18.2 Å². The molecule has 0 atom stereocenters. The third kappa shape index (κ3) is 4.32. The van der Waals surface area contributed by atoms with Crippen molar-refractivity contribution in [1.82, 2.24) is 4.98 Å². The van der Waals surface area contributed by atoms with Crippen LogP contribution in [0.1, 0.15) is 17.0 Å². The molecule has 0 aliphatic carbocycles. The Morgan fingerprint density at radius 1 is 0.967 bits per heavy atom. The molecule has 4 nitrogen and oxygen atoms in total. The quantitative estimate of drug-likeness (QED) is 0.386. The average Bonchev–Trinajstić information content (AvgIpc) is 3.11. The van der Waals surface area contributed by atoms with Gasteiger partial charge in [0.2, 0.25) is 0 Å². The molecule has 0 saturated heterocycles. The third-order valence-electron chi connectivity index (χ3n) is 4.79. The largest absolute Gasteiger partial charge is 0.440 e. The molecule has 0 saturated carbocycles. The SMILES string of the molecule is Cc1ccc(-c2nc(Cc3ccccc3)oc2-c2ccc(S(C)(=O)=O)cc2)c(Cl)c1. The highest BCUT2D eigenvalue weighted by atomic mass is 35.5. The van der Waals surface area contributed by atoms with Crippen LogP contribution in [0.2, 0.25) is 5.02 Å². The van der Waals surface area contributed by atoms with Crippen molar-refractivity contribution in [1.29, 1.82) is 0 Å². The summed E-state index contributed by atoms with van der Waals surface area (Å²) in [5, 5.41) is 0.587. The van der Waals surface area contributed by atoms with Crippen LogP contribution in [0.4, 0.5) is 0 Å². The second kappa shape index (κ2) is 8.09. The van der Waals surface area contributed by atoms with Gasteiger partial charge in [-0.05, 0) is 48.4 Å². The summed E-state index contributed by atoms with van der Waals surface area (Å²) in [7, 11) is -3.28. The highest BCUT2D eigenvalue weighted by Gasteiger charge is 2.20. The van der Waals surface area contributed by atoms with Gasteiger partial charge < -0.3 is 4.42 Å². The van der Waals surface area contributed by atoms with Gasteiger partial charge in [0.25, 0.3) is 0 Å². The molecule has 0 N–H and O–H groups in total. The van der Waals surface area contributed by atoms with Gasteiger partial charge in [-0.15, -0.1) is 0 Å². The zero-order valence-corrected chi connectivity index (χ0v) is 18.2. The minimum atomic E-state index is -3.28. The Morgan fingerprint density at radius 2 is 1.67 bits per heavy atom. The number of rotatable bonds is 5. The van der Waals surface area contributed by atoms with Crippen molar-refractivity contribution in [2.24, 2.45) is 0 Å². The van der Waals surface area contributed by atoms with Crippen LogP contribution >= 0.6 is 11.6 Å². The molecule has 0 aliphatic rings. The minimum Gasteiger partial charge on any atom is -0.440 e. The van der Waals surface area contributed by atoms with Gasteiger partial charge in [0, 0.05) is 23.8 Å². The maximum absolute atomic E-state index is 11.8. The van der Waals surface area contributed by atoms with Gasteiger partial charge >= 0.3 is 0 Å². The van der Waals surface area contributed by atoms with E-state index in [0.29, 0.717) is 28.8 Å². The number of hydrogen-bond acceptors (Lipinski definition) is 4. The van der Waals surface area contributed by atoms with Gasteiger partial charge in [-0.3, -0.25) is 0 Å². The Morgan fingerprint density at radius 3 is 2.30 bits per heavy atom. The summed E-state index contributed by atoms with van der Waals surface area (Å²) in [5.74, 6) is 1.13. The molecule has 6 heteroatoms. The Kier molecular flexibility index (Phi) is 5.50. The monoisotopic (exact) mass is 437 g/mol. The molecule has 1 heterocycles. The molecule has 152 valence electrons. The number of aryl methyl sites for hydroxylation is 1. The molecule has 0 radical (unpaired) electrons. The molecule has 0 fully saturated rings. The van der Waals surface area contributed by atoms with Crippen LogP contribution in [0.15, 0.2) is 82.1 Å². The molecule has 4 rings (SSSR count). The van der Waals surface area contributed by atoms with Gasteiger partial charge in [-0.2, -0.15) is 0 Å². The molecular weight excluding hydrogens is 418 g/mol. The first-order chi connectivity index (χ1) is 14.3. The lowest BCUT2D eigenvalue weighted by Gasteiger charge is -2.06. The van der Waals surface area contributed by atoms with E-state index < -0.39 is 9.84 Å². The molecule has 4 aromatic rings. The zero-order chi connectivity index (χ0) is 21.3. The summed E-state index contributed by atoms with van der Waals surface area (Å²) < 4.78 is 29.8. The number of benzene rings is 3. The highest BCUT2D eigenvalue weighted by molar-refractivity contribution is 7.90. The normalized spacial score (nSPS) is 11.6. The number of hydrogen-bond donors (Lipinski definition) is 0. The first-order valence-electron chi connectivity index (χ1n) is 9.42. The highest BCUT2D eigenvalue weighted by Crippen LogP contribution is 2.37. The lowest BCUT2D eigenvalue weighted by atomic mass is 10.0. The van der Waals surface area contributed by atoms with E-state index in [1.165, 1.54) is 6.26 Å². The van der Waals surface area contributed by atoms with E-state index in [1.54, 1.807) is 24.3 Å². The second-order valence-electron chi connectivity index (χ2n) is 7.23. The maximum Gasteiger partial charge on any atom is 0.199 e. The van der Waals surface area contributed by atoms with Crippen LogP contribution in [0.25, 0.3) is 22.6 Å². The van der Waals surface area contributed by atoms with E-state index in [1.807, 2.05) is 55.5 Å². The smallest absolute Gasteiger partial charge is 0.199 e. The Balaban J connectivity index is 1.83. The topological polar surface area (TPSA) is 60.2 Å². The summed E-state index contributed by atoms with van der Waals surface area (Å²) in [6, 6.07) is 22.3. The number of sulfone groups is 1. The predicted molar refractivity (Wildman–Crippen MR) is 119 cm³/mol.